The van der Waals surface area contributed by atoms with E-state index < -0.39 is 0 Å². The van der Waals surface area contributed by atoms with Crippen molar-refractivity contribution in [2.75, 3.05) is 33.7 Å². The van der Waals surface area contributed by atoms with Crippen LogP contribution in [-0.4, -0.2) is 55.5 Å². The molecule has 4 heteroatoms. The first-order valence-electron chi connectivity index (χ1n) is 8.49. The standard InChI is InChI=1S/C18H28N4/c1-19-18(20-2)22-12-10-17-16(14-22)9-6-11-21(17)13-15-7-4-3-5-8-15/h3-5,7-8,16-17H,6,9-14H2,1-2H3,(H,19,20). The Labute approximate surface area is 134 Å². The maximum atomic E-state index is 4.37. The Hall–Kier alpha value is -1.55. The molecule has 2 heterocycles. The molecule has 2 fully saturated rings. The highest BCUT2D eigenvalue weighted by Gasteiger charge is 2.36. The lowest BCUT2D eigenvalue weighted by atomic mass is 9.83. The van der Waals surface area contributed by atoms with Crippen LogP contribution in [0.1, 0.15) is 24.8 Å². The zero-order valence-electron chi connectivity index (χ0n) is 13.8. The largest absolute Gasteiger partial charge is 0.359 e. The van der Waals surface area contributed by atoms with Gasteiger partial charge in [-0.05, 0) is 37.3 Å². The molecule has 2 aliphatic rings. The van der Waals surface area contributed by atoms with E-state index in [1.165, 1.54) is 31.4 Å². The van der Waals surface area contributed by atoms with Crippen molar-refractivity contribution >= 4 is 5.96 Å². The van der Waals surface area contributed by atoms with Gasteiger partial charge in [0.05, 0.1) is 0 Å². The highest BCUT2D eigenvalue weighted by molar-refractivity contribution is 5.79. The third kappa shape index (κ3) is 3.27. The van der Waals surface area contributed by atoms with Crippen LogP contribution in [0.15, 0.2) is 35.3 Å². The van der Waals surface area contributed by atoms with E-state index in [1.807, 2.05) is 14.1 Å². The predicted octanol–water partition coefficient (Wildman–Crippen LogP) is 2.18. The van der Waals surface area contributed by atoms with E-state index in [0.717, 1.165) is 37.6 Å². The van der Waals surface area contributed by atoms with Crippen molar-refractivity contribution in [2.45, 2.75) is 31.8 Å². The van der Waals surface area contributed by atoms with E-state index in [9.17, 15) is 0 Å². The van der Waals surface area contributed by atoms with Crippen LogP contribution in [0, 0.1) is 5.92 Å². The van der Waals surface area contributed by atoms with Crippen molar-refractivity contribution in [1.82, 2.24) is 15.1 Å². The van der Waals surface area contributed by atoms with Crippen LogP contribution in [0.4, 0.5) is 0 Å². The molecule has 4 nitrogen and oxygen atoms in total. The molecule has 1 aromatic carbocycles. The number of piperidine rings is 2. The first kappa shape index (κ1) is 15.3. The topological polar surface area (TPSA) is 30.9 Å². The van der Waals surface area contributed by atoms with Gasteiger partial charge in [-0.1, -0.05) is 30.3 Å². The molecule has 0 radical (unpaired) electrons. The lowest BCUT2D eigenvalue weighted by Crippen LogP contribution is -2.56. The normalized spacial score (nSPS) is 26.6. The Balaban J connectivity index is 1.65. The maximum absolute atomic E-state index is 4.37. The molecule has 3 rings (SSSR count). The molecule has 0 bridgehead atoms. The Morgan fingerprint density at radius 3 is 2.77 bits per heavy atom. The van der Waals surface area contributed by atoms with Crippen LogP contribution >= 0.6 is 0 Å². The maximum Gasteiger partial charge on any atom is 0.193 e. The van der Waals surface area contributed by atoms with Gasteiger partial charge < -0.3 is 10.2 Å². The van der Waals surface area contributed by atoms with E-state index in [0.29, 0.717) is 0 Å². The number of hydrogen-bond donors (Lipinski definition) is 1. The smallest absolute Gasteiger partial charge is 0.193 e. The summed E-state index contributed by atoms with van der Waals surface area (Å²) in [6.07, 6.45) is 3.92. The number of likely N-dealkylation sites (tertiary alicyclic amines) is 2. The van der Waals surface area contributed by atoms with Crippen LogP contribution in [0.2, 0.25) is 0 Å². The highest BCUT2D eigenvalue weighted by Crippen LogP contribution is 2.31. The first-order chi connectivity index (χ1) is 10.8. The molecule has 0 aromatic heterocycles. The average Bonchev–Trinajstić information content (AvgIpc) is 2.57. The fourth-order valence-electron chi connectivity index (χ4n) is 4.12. The molecule has 2 atom stereocenters. The van der Waals surface area contributed by atoms with Gasteiger partial charge in [-0.2, -0.15) is 0 Å². The zero-order chi connectivity index (χ0) is 15.4. The van der Waals surface area contributed by atoms with Crippen LogP contribution in [0.25, 0.3) is 0 Å². The van der Waals surface area contributed by atoms with Gasteiger partial charge in [-0.25, -0.2) is 0 Å². The summed E-state index contributed by atoms with van der Waals surface area (Å²) in [5.74, 6) is 1.81. The number of aliphatic imine (C=N–C) groups is 1. The number of benzene rings is 1. The van der Waals surface area contributed by atoms with Crippen LogP contribution in [0.5, 0.6) is 0 Å². The number of fused-ring (bicyclic) bond motifs is 1. The van der Waals surface area contributed by atoms with E-state index in [-0.39, 0.29) is 0 Å². The Kier molecular flexibility index (Phi) is 4.98. The molecule has 1 N–H and O–H groups in total. The van der Waals surface area contributed by atoms with Crippen LogP contribution in [0.3, 0.4) is 0 Å². The predicted molar refractivity (Wildman–Crippen MR) is 92.0 cm³/mol. The molecule has 0 saturated carbocycles. The molecule has 2 aliphatic heterocycles. The second kappa shape index (κ2) is 7.14. The molecule has 2 unspecified atom stereocenters. The quantitative estimate of drug-likeness (QED) is 0.671. The monoisotopic (exact) mass is 300 g/mol. The van der Waals surface area contributed by atoms with Gasteiger partial charge in [0, 0.05) is 39.8 Å². The van der Waals surface area contributed by atoms with Crippen molar-refractivity contribution in [2.24, 2.45) is 10.9 Å². The number of nitrogens with one attached hydrogen (secondary N) is 1. The van der Waals surface area contributed by atoms with Crippen molar-refractivity contribution in [1.29, 1.82) is 0 Å². The third-order valence-corrected chi connectivity index (χ3v) is 5.15. The van der Waals surface area contributed by atoms with Gasteiger partial charge in [-0.15, -0.1) is 0 Å². The summed E-state index contributed by atoms with van der Waals surface area (Å²) < 4.78 is 0. The van der Waals surface area contributed by atoms with E-state index in [1.54, 1.807) is 0 Å². The third-order valence-electron chi connectivity index (χ3n) is 5.15. The summed E-state index contributed by atoms with van der Waals surface area (Å²) in [4.78, 5) is 9.51. The van der Waals surface area contributed by atoms with Crippen molar-refractivity contribution in [3.05, 3.63) is 35.9 Å². The second-order valence-corrected chi connectivity index (χ2v) is 6.46. The van der Waals surface area contributed by atoms with Crippen molar-refractivity contribution < 1.29 is 0 Å². The molecular weight excluding hydrogens is 272 g/mol. The average molecular weight is 300 g/mol. The van der Waals surface area contributed by atoms with E-state index in [4.69, 9.17) is 0 Å². The van der Waals surface area contributed by atoms with Gasteiger partial charge >= 0.3 is 0 Å². The molecule has 22 heavy (non-hydrogen) atoms. The molecule has 2 saturated heterocycles. The number of rotatable bonds is 2. The second-order valence-electron chi connectivity index (χ2n) is 6.46. The number of nitrogens with zero attached hydrogens (tertiary/aromatic N) is 3. The first-order valence-corrected chi connectivity index (χ1v) is 8.49. The number of hydrogen-bond acceptors (Lipinski definition) is 2. The molecule has 0 amide bonds. The van der Waals surface area contributed by atoms with Gasteiger partial charge in [0.25, 0.3) is 0 Å². The molecule has 0 spiro atoms. The summed E-state index contributed by atoms with van der Waals surface area (Å²) in [7, 11) is 3.84. The lowest BCUT2D eigenvalue weighted by molar-refractivity contribution is 0.0374. The Morgan fingerprint density at radius 2 is 2.05 bits per heavy atom. The lowest BCUT2D eigenvalue weighted by Gasteiger charge is -2.48. The highest BCUT2D eigenvalue weighted by atomic mass is 15.3. The molecule has 0 aliphatic carbocycles. The van der Waals surface area contributed by atoms with Crippen molar-refractivity contribution in [3.8, 4) is 0 Å². The van der Waals surface area contributed by atoms with Gasteiger partial charge in [0.1, 0.15) is 0 Å². The summed E-state index contributed by atoms with van der Waals surface area (Å²) in [5, 5.41) is 3.23. The minimum atomic E-state index is 0.736. The minimum Gasteiger partial charge on any atom is -0.359 e. The molecule has 1 aromatic rings. The van der Waals surface area contributed by atoms with Crippen LogP contribution in [-0.2, 0) is 6.54 Å². The summed E-state index contributed by atoms with van der Waals surface area (Å²) in [5.41, 5.74) is 1.44. The zero-order valence-corrected chi connectivity index (χ0v) is 13.8. The van der Waals surface area contributed by atoms with E-state index in [2.05, 4.69) is 50.4 Å². The summed E-state index contributed by atoms with van der Waals surface area (Å²) >= 11 is 0. The summed E-state index contributed by atoms with van der Waals surface area (Å²) in [6.45, 7) is 4.60. The fraction of sp³-hybridized carbons (Fsp3) is 0.611. The molecule has 120 valence electrons. The van der Waals surface area contributed by atoms with Gasteiger partial charge in [0.15, 0.2) is 5.96 Å². The van der Waals surface area contributed by atoms with Crippen molar-refractivity contribution in [3.63, 3.8) is 0 Å². The summed E-state index contributed by atoms with van der Waals surface area (Å²) in [6, 6.07) is 11.6. The molecular formula is C18H28N4. The number of guanidine groups is 1. The fourth-order valence-corrected chi connectivity index (χ4v) is 4.12. The Bertz CT molecular complexity index is 499. The van der Waals surface area contributed by atoms with Gasteiger partial charge in [-0.3, -0.25) is 9.89 Å². The Morgan fingerprint density at radius 1 is 1.23 bits per heavy atom. The van der Waals surface area contributed by atoms with Crippen LogP contribution < -0.4 is 5.32 Å². The SMILES string of the molecule is CN=C(NC)N1CCC2C(CCCN2Cc2ccccc2)C1. The van der Waals surface area contributed by atoms with E-state index >= 15 is 0 Å². The minimum absolute atomic E-state index is 0.736. The van der Waals surface area contributed by atoms with Gasteiger partial charge in [0.2, 0.25) is 0 Å².